The Hall–Kier alpha value is -1.39. The average Bonchev–Trinajstić information content (AvgIpc) is 2.84. The van der Waals surface area contributed by atoms with Crippen molar-refractivity contribution in [3.8, 4) is 0 Å². The van der Waals surface area contributed by atoms with E-state index in [0.29, 0.717) is 18.0 Å². The molecule has 0 bridgehead atoms. The molecule has 4 heteroatoms. The van der Waals surface area contributed by atoms with E-state index in [9.17, 15) is 4.39 Å². The van der Waals surface area contributed by atoms with Crippen LogP contribution in [-0.4, -0.2) is 13.2 Å². The minimum atomic E-state index is -0.342. The van der Waals surface area contributed by atoms with Crippen molar-refractivity contribution < 1.29 is 13.5 Å². The highest BCUT2D eigenvalue weighted by molar-refractivity contribution is 5.78. The summed E-state index contributed by atoms with van der Waals surface area (Å²) < 4.78 is 24.5. The second-order valence-electron chi connectivity index (χ2n) is 4.81. The Balaban J connectivity index is 1.91. The number of ether oxygens (including phenoxy) is 1. The number of hydrogen-bond donors (Lipinski definition) is 1. The van der Waals surface area contributed by atoms with Gasteiger partial charge in [0.2, 0.25) is 0 Å². The number of furan rings is 1. The van der Waals surface area contributed by atoms with Gasteiger partial charge in [-0.2, -0.15) is 0 Å². The van der Waals surface area contributed by atoms with E-state index in [1.54, 1.807) is 6.07 Å². The second-order valence-corrected chi connectivity index (χ2v) is 4.81. The van der Waals surface area contributed by atoms with Crippen molar-refractivity contribution in [3.63, 3.8) is 0 Å². The second kappa shape index (κ2) is 4.71. The molecule has 0 aliphatic carbocycles. The molecule has 2 aromatic rings. The highest BCUT2D eigenvalue weighted by Crippen LogP contribution is 2.31. The number of rotatable bonds is 2. The van der Waals surface area contributed by atoms with Gasteiger partial charge in [0.1, 0.15) is 5.76 Å². The first kappa shape index (κ1) is 11.7. The third-order valence-corrected chi connectivity index (χ3v) is 3.55. The lowest BCUT2D eigenvalue weighted by Gasteiger charge is -2.26. The molecule has 1 aliphatic rings. The van der Waals surface area contributed by atoms with Crippen LogP contribution in [0.3, 0.4) is 0 Å². The normalized spacial score (nSPS) is 22.2. The van der Waals surface area contributed by atoms with Gasteiger partial charge >= 0.3 is 0 Å². The lowest BCUT2D eigenvalue weighted by Crippen LogP contribution is -2.28. The van der Waals surface area contributed by atoms with Gasteiger partial charge in [0.25, 0.3) is 0 Å². The smallest absolute Gasteiger partial charge is 0.169 e. The molecule has 3 rings (SSSR count). The summed E-state index contributed by atoms with van der Waals surface area (Å²) in [5.74, 6) is 0.554. The Labute approximate surface area is 105 Å². The van der Waals surface area contributed by atoms with Crippen molar-refractivity contribution in [1.82, 2.24) is 0 Å². The molecule has 2 atom stereocenters. The summed E-state index contributed by atoms with van der Waals surface area (Å²) in [5.41, 5.74) is 6.48. The van der Waals surface area contributed by atoms with Gasteiger partial charge in [0, 0.05) is 17.9 Å². The molecule has 1 aliphatic heterocycles. The maximum atomic E-state index is 13.5. The first-order valence-corrected chi connectivity index (χ1v) is 6.27. The molecule has 0 spiro atoms. The van der Waals surface area contributed by atoms with E-state index in [-0.39, 0.29) is 17.8 Å². The Morgan fingerprint density at radius 2 is 2.28 bits per heavy atom. The zero-order valence-corrected chi connectivity index (χ0v) is 10.1. The molecular weight excluding hydrogens is 233 g/mol. The molecule has 2 heterocycles. The van der Waals surface area contributed by atoms with Crippen LogP contribution in [0.4, 0.5) is 4.39 Å². The molecule has 1 saturated heterocycles. The monoisotopic (exact) mass is 249 g/mol. The zero-order valence-electron chi connectivity index (χ0n) is 10.1. The van der Waals surface area contributed by atoms with Crippen molar-refractivity contribution in [2.75, 3.05) is 13.2 Å². The highest BCUT2D eigenvalue weighted by atomic mass is 19.1. The fraction of sp³-hybridized carbons (Fsp3) is 0.429. The Morgan fingerprint density at radius 3 is 3.00 bits per heavy atom. The van der Waals surface area contributed by atoms with E-state index >= 15 is 0 Å². The zero-order chi connectivity index (χ0) is 12.5. The van der Waals surface area contributed by atoms with Gasteiger partial charge < -0.3 is 14.9 Å². The van der Waals surface area contributed by atoms with Gasteiger partial charge in [-0.25, -0.2) is 4.39 Å². The fourth-order valence-electron chi connectivity index (χ4n) is 2.49. The first-order chi connectivity index (χ1) is 8.75. The molecule has 0 radical (unpaired) electrons. The van der Waals surface area contributed by atoms with Gasteiger partial charge in [-0.1, -0.05) is 12.1 Å². The Morgan fingerprint density at radius 1 is 1.39 bits per heavy atom. The van der Waals surface area contributed by atoms with Crippen molar-refractivity contribution in [1.29, 1.82) is 0 Å². The first-order valence-electron chi connectivity index (χ1n) is 6.27. The van der Waals surface area contributed by atoms with Crippen LogP contribution in [0.5, 0.6) is 0 Å². The van der Waals surface area contributed by atoms with Gasteiger partial charge in [0.15, 0.2) is 11.4 Å². The predicted molar refractivity (Wildman–Crippen MR) is 66.6 cm³/mol. The van der Waals surface area contributed by atoms with Crippen LogP contribution < -0.4 is 5.73 Å². The molecule has 2 N–H and O–H groups in total. The van der Waals surface area contributed by atoms with E-state index in [4.69, 9.17) is 14.9 Å². The SMILES string of the molecule is NC(c1cc2cccc(F)c2o1)C1CCCOC1. The molecule has 96 valence electrons. The van der Waals surface area contributed by atoms with Crippen LogP contribution in [0.2, 0.25) is 0 Å². The molecule has 1 aromatic carbocycles. The molecule has 3 nitrogen and oxygen atoms in total. The van der Waals surface area contributed by atoms with Gasteiger partial charge in [-0.15, -0.1) is 0 Å². The topological polar surface area (TPSA) is 48.4 Å². The number of nitrogens with two attached hydrogens (primary N) is 1. The maximum absolute atomic E-state index is 13.5. The predicted octanol–water partition coefficient (Wildman–Crippen LogP) is 3.00. The molecule has 0 amide bonds. The van der Waals surface area contributed by atoms with Crippen LogP contribution in [0.1, 0.15) is 24.6 Å². The fourth-order valence-corrected chi connectivity index (χ4v) is 2.49. The number of hydrogen-bond acceptors (Lipinski definition) is 3. The summed E-state index contributed by atoms with van der Waals surface area (Å²) in [6, 6.07) is 6.50. The van der Waals surface area contributed by atoms with E-state index in [1.165, 1.54) is 6.07 Å². The summed E-state index contributed by atoms with van der Waals surface area (Å²) in [7, 11) is 0. The standard InChI is InChI=1S/C14H16FNO2/c15-11-5-1-3-9-7-12(18-14(9)11)13(16)10-4-2-6-17-8-10/h1,3,5,7,10,13H,2,4,6,8,16H2. The Kier molecular flexibility index (Phi) is 3.06. The lowest BCUT2D eigenvalue weighted by molar-refractivity contribution is 0.0421. The van der Waals surface area contributed by atoms with Crippen LogP contribution in [-0.2, 0) is 4.74 Å². The van der Waals surface area contributed by atoms with Crippen molar-refractivity contribution in [3.05, 3.63) is 35.8 Å². The quantitative estimate of drug-likeness (QED) is 0.890. The van der Waals surface area contributed by atoms with E-state index in [1.807, 2.05) is 12.1 Å². The van der Waals surface area contributed by atoms with Crippen molar-refractivity contribution in [2.45, 2.75) is 18.9 Å². The number of para-hydroxylation sites is 1. The van der Waals surface area contributed by atoms with Crippen molar-refractivity contribution >= 4 is 11.0 Å². The van der Waals surface area contributed by atoms with Gasteiger partial charge in [-0.05, 0) is 25.0 Å². The maximum Gasteiger partial charge on any atom is 0.169 e. The minimum Gasteiger partial charge on any atom is -0.456 e. The molecule has 1 fully saturated rings. The third kappa shape index (κ3) is 2.02. The highest BCUT2D eigenvalue weighted by Gasteiger charge is 2.25. The van der Waals surface area contributed by atoms with E-state index in [2.05, 4.69) is 0 Å². The van der Waals surface area contributed by atoms with Gasteiger partial charge in [-0.3, -0.25) is 0 Å². The summed E-state index contributed by atoms with van der Waals surface area (Å²) in [4.78, 5) is 0. The molecular formula is C14H16FNO2. The van der Waals surface area contributed by atoms with E-state index < -0.39 is 0 Å². The molecule has 2 unspecified atom stereocenters. The van der Waals surface area contributed by atoms with Crippen LogP contribution in [0.15, 0.2) is 28.7 Å². The van der Waals surface area contributed by atoms with Crippen LogP contribution in [0, 0.1) is 11.7 Å². The molecule has 18 heavy (non-hydrogen) atoms. The number of fused-ring (bicyclic) bond motifs is 1. The van der Waals surface area contributed by atoms with Crippen LogP contribution >= 0.6 is 0 Å². The summed E-state index contributed by atoms with van der Waals surface area (Å²) in [5, 5.41) is 0.761. The van der Waals surface area contributed by atoms with Gasteiger partial charge in [0.05, 0.1) is 12.6 Å². The van der Waals surface area contributed by atoms with E-state index in [0.717, 1.165) is 24.8 Å². The number of halogens is 1. The average molecular weight is 249 g/mol. The lowest BCUT2D eigenvalue weighted by atomic mass is 9.93. The summed E-state index contributed by atoms with van der Waals surface area (Å²) >= 11 is 0. The largest absolute Gasteiger partial charge is 0.456 e. The summed E-state index contributed by atoms with van der Waals surface area (Å²) in [6.45, 7) is 1.46. The van der Waals surface area contributed by atoms with Crippen molar-refractivity contribution in [2.24, 2.45) is 11.7 Å². The summed E-state index contributed by atoms with van der Waals surface area (Å²) in [6.07, 6.45) is 2.05. The van der Waals surface area contributed by atoms with Crippen LogP contribution in [0.25, 0.3) is 11.0 Å². The Bertz CT molecular complexity index is 546. The molecule has 0 saturated carbocycles. The minimum absolute atomic E-state index is 0.225. The molecule has 1 aromatic heterocycles. The third-order valence-electron chi connectivity index (χ3n) is 3.55. The number of benzene rings is 1.